The second-order valence-electron chi connectivity index (χ2n) is 11.5. The van der Waals surface area contributed by atoms with E-state index in [4.69, 9.17) is 4.74 Å². The molecule has 4 N–H and O–H groups in total. The Morgan fingerprint density at radius 1 is 1.25 bits per heavy atom. The Morgan fingerprint density at radius 2 is 1.89 bits per heavy atom. The number of carbonyl (C=O) groups is 2. The number of ketones is 1. The van der Waals surface area contributed by atoms with Gasteiger partial charge in [0.15, 0.2) is 0 Å². The van der Waals surface area contributed by atoms with E-state index in [0.717, 1.165) is 10.8 Å². The Balaban J connectivity index is 2.27. The number of esters is 1. The lowest BCUT2D eigenvalue weighted by Gasteiger charge is -2.37. The molecule has 0 aromatic heterocycles. The number of ether oxygens (including phenoxy) is 1. The van der Waals surface area contributed by atoms with Crippen molar-refractivity contribution in [1.29, 1.82) is 0 Å². The maximum Gasteiger partial charge on any atom is 0.308 e. The molecule has 36 heavy (non-hydrogen) atoms. The second-order valence-corrected chi connectivity index (χ2v) is 12.7. The molecule has 2 rings (SSSR count). The Kier molecular flexibility index (Phi) is 10.8. The van der Waals surface area contributed by atoms with E-state index in [1.165, 1.54) is 0 Å². The van der Waals surface area contributed by atoms with Crippen molar-refractivity contribution < 1.29 is 34.8 Å². The van der Waals surface area contributed by atoms with Crippen LogP contribution in [0.4, 0.5) is 0 Å². The van der Waals surface area contributed by atoms with Crippen molar-refractivity contribution in [2.45, 2.75) is 117 Å². The van der Waals surface area contributed by atoms with Crippen LogP contribution < -0.4 is 0 Å². The number of aliphatic hydroxyl groups is 4. The van der Waals surface area contributed by atoms with Crippen LogP contribution in [0.1, 0.15) is 80.6 Å². The molecule has 0 amide bonds. The van der Waals surface area contributed by atoms with Crippen molar-refractivity contribution in [3.8, 4) is 0 Å². The first-order chi connectivity index (χ1) is 16.6. The third-order valence-electron chi connectivity index (χ3n) is 7.88. The zero-order chi connectivity index (χ0) is 27.4. The molecule has 2 heterocycles. The van der Waals surface area contributed by atoms with E-state index >= 15 is 0 Å². The molecule has 0 aliphatic carbocycles. The molecule has 2 aliphatic rings. The summed E-state index contributed by atoms with van der Waals surface area (Å²) < 4.78 is 5.66. The summed E-state index contributed by atoms with van der Waals surface area (Å²) in [5.41, 5.74) is -2.04. The largest absolute Gasteiger partial charge is 0.459 e. The first-order valence-corrected chi connectivity index (χ1v) is 13.9. The van der Waals surface area contributed by atoms with Crippen LogP contribution in [0.25, 0.3) is 0 Å². The number of thioether (sulfide) groups is 1. The molecular weight excluding hydrogens is 482 g/mol. The lowest BCUT2D eigenvalue weighted by molar-refractivity contribution is -0.172. The molecular formula is C27H45NO7S. The summed E-state index contributed by atoms with van der Waals surface area (Å²) >= 11 is 1.66. The number of hydrogen-bond acceptors (Lipinski definition) is 9. The minimum atomic E-state index is -1.44. The number of Topliss-reactive ketones (excluding diaryl/α,β-unsaturated/α-hetero) is 1. The summed E-state index contributed by atoms with van der Waals surface area (Å²) in [7, 11) is 0. The highest BCUT2D eigenvalue weighted by atomic mass is 32.2. The lowest BCUT2D eigenvalue weighted by atomic mass is 9.72. The molecule has 1 fully saturated rings. The van der Waals surface area contributed by atoms with Gasteiger partial charge in [-0.1, -0.05) is 40.2 Å². The summed E-state index contributed by atoms with van der Waals surface area (Å²) in [5.74, 6) is -1.19. The van der Waals surface area contributed by atoms with E-state index in [9.17, 15) is 30.0 Å². The highest BCUT2D eigenvalue weighted by Gasteiger charge is 2.44. The fraction of sp³-hybridized carbons (Fsp3) is 0.815. The summed E-state index contributed by atoms with van der Waals surface area (Å²) in [6, 6.07) is -0.0260. The van der Waals surface area contributed by atoms with Gasteiger partial charge in [0.1, 0.15) is 11.9 Å². The van der Waals surface area contributed by atoms with E-state index in [1.54, 1.807) is 46.4 Å². The molecule has 0 radical (unpaired) electrons. The molecule has 0 saturated carbocycles. The molecule has 0 bridgehead atoms. The predicted octanol–water partition coefficient (Wildman–Crippen LogP) is 3.04. The Hall–Kier alpha value is -1.26. The Morgan fingerprint density at radius 3 is 2.47 bits per heavy atom. The third-order valence-corrected chi connectivity index (χ3v) is 8.91. The maximum absolute atomic E-state index is 13.1. The Bertz CT molecular complexity index is 853. The molecule has 0 aromatic rings. The van der Waals surface area contributed by atoms with Crippen molar-refractivity contribution in [2.75, 3.05) is 5.75 Å². The van der Waals surface area contributed by atoms with E-state index in [-0.39, 0.29) is 30.6 Å². The molecule has 0 spiro atoms. The van der Waals surface area contributed by atoms with Gasteiger partial charge in [0.05, 0.1) is 46.8 Å². The summed E-state index contributed by atoms with van der Waals surface area (Å²) in [5, 5.41) is 44.8. The highest BCUT2D eigenvalue weighted by Crippen LogP contribution is 2.34. The third kappa shape index (κ3) is 7.87. The first-order valence-electron chi connectivity index (χ1n) is 12.9. The number of cyclic esters (lactones) is 1. The van der Waals surface area contributed by atoms with E-state index < -0.39 is 53.7 Å². The SMILES string of the molecule is CC1=NC(/C=C(\C)[C@@H](O)CC2OC(=O)C[C@H](O)C(C)(C)C(=O)[C@H](C)[C@@H](O)[C@@H](C)CCC[C@]2(C)O)CS1. The van der Waals surface area contributed by atoms with Gasteiger partial charge in [-0.2, -0.15) is 0 Å². The molecule has 0 aromatic carbocycles. The maximum atomic E-state index is 13.1. The minimum Gasteiger partial charge on any atom is -0.459 e. The van der Waals surface area contributed by atoms with Crippen LogP contribution in [-0.2, 0) is 14.3 Å². The molecule has 8 nitrogen and oxygen atoms in total. The molecule has 2 aliphatic heterocycles. The van der Waals surface area contributed by atoms with Crippen LogP contribution in [0.15, 0.2) is 16.6 Å². The number of aliphatic hydroxyl groups excluding tert-OH is 3. The van der Waals surface area contributed by atoms with Crippen molar-refractivity contribution in [3.63, 3.8) is 0 Å². The fourth-order valence-corrected chi connectivity index (χ4v) is 5.76. The monoisotopic (exact) mass is 527 g/mol. The zero-order valence-corrected chi connectivity index (χ0v) is 23.5. The van der Waals surface area contributed by atoms with Gasteiger partial charge >= 0.3 is 5.97 Å². The van der Waals surface area contributed by atoms with Crippen molar-refractivity contribution in [2.24, 2.45) is 22.2 Å². The summed E-state index contributed by atoms with van der Waals surface area (Å²) in [6.07, 6.45) is -1.43. The Labute approximate surface area is 219 Å². The van der Waals surface area contributed by atoms with Crippen LogP contribution in [0.5, 0.6) is 0 Å². The van der Waals surface area contributed by atoms with Gasteiger partial charge in [0, 0.05) is 18.1 Å². The second kappa shape index (κ2) is 12.5. The van der Waals surface area contributed by atoms with E-state index in [2.05, 4.69) is 4.99 Å². The molecule has 206 valence electrons. The highest BCUT2D eigenvalue weighted by molar-refractivity contribution is 8.14. The van der Waals surface area contributed by atoms with Crippen LogP contribution in [0.3, 0.4) is 0 Å². The number of aliphatic imine (C=N–C) groups is 1. The quantitative estimate of drug-likeness (QED) is 0.323. The van der Waals surface area contributed by atoms with Crippen LogP contribution >= 0.6 is 11.8 Å². The van der Waals surface area contributed by atoms with Gasteiger partial charge < -0.3 is 25.2 Å². The van der Waals surface area contributed by atoms with Gasteiger partial charge in [0.25, 0.3) is 0 Å². The van der Waals surface area contributed by atoms with E-state index in [0.29, 0.717) is 18.4 Å². The summed E-state index contributed by atoms with van der Waals surface area (Å²) in [4.78, 5) is 30.5. The van der Waals surface area contributed by atoms with Gasteiger partial charge in [-0.3, -0.25) is 14.6 Å². The lowest BCUT2D eigenvalue weighted by Crippen LogP contribution is -2.48. The average molecular weight is 528 g/mol. The molecule has 8 atom stereocenters. The van der Waals surface area contributed by atoms with Gasteiger partial charge in [-0.15, -0.1) is 11.8 Å². The van der Waals surface area contributed by atoms with Crippen LogP contribution in [0, 0.1) is 17.3 Å². The average Bonchev–Trinajstić information content (AvgIpc) is 3.20. The van der Waals surface area contributed by atoms with Crippen molar-refractivity contribution >= 4 is 28.6 Å². The zero-order valence-electron chi connectivity index (χ0n) is 22.7. The minimum absolute atomic E-state index is 0.0166. The number of rotatable bonds is 4. The number of nitrogens with zero attached hydrogens (tertiary/aromatic N) is 1. The topological polar surface area (TPSA) is 137 Å². The van der Waals surface area contributed by atoms with Crippen LogP contribution in [-0.4, -0.2) is 79.0 Å². The fourth-order valence-electron chi connectivity index (χ4n) is 4.96. The molecule has 9 heteroatoms. The predicted molar refractivity (Wildman–Crippen MR) is 142 cm³/mol. The normalized spacial score (nSPS) is 38.2. The standard InChI is InChI=1S/C27H45NO7S/c1-15-9-8-10-27(7,34)22(12-20(29)16(2)11-19-14-36-18(4)28-19)35-23(31)13-21(30)26(5,6)25(33)17(3)24(15)32/h11,15,17,19-22,24,29-30,32,34H,8-10,12-14H2,1-7H3/b16-11+/t15-,17+,19?,20-,21-,22?,24-,27-/m0/s1. The molecule has 1 saturated heterocycles. The van der Waals surface area contributed by atoms with Gasteiger partial charge in [0.2, 0.25) is 0 Å². The van der Waals surface area contributed by atoms with Crippen molar-refractivity contribution in [1.82, 2.24) is 0 Å². The first kappa shape index (κ1) is 31.0. The number of hydrogen-bond donors (Lipinski definition) is 4. The van der Waals surface area contributed by atoms with E-state index in [1.807, 2.05) is 19.9 Å². The van der Waals surface area contributed by atoms with Gasteiger partial charge in [-0.05, 0) is 45.1 Å². The smallest absolute Gasteiger partial charge is 0.308 e. The van der Waals surface area contributed by atoms with Gasteiger partial charge in [-0.25, -0.2) is 0 Å². The summed E-state index contributed by atoms with van der Waals surface area (Å²) in [6.45, 7) is 11.9. The van der Waals surface area contributed by atoms with Crippen LogP contribution in [0.2, 0.25) is 0 Å². The number of carbonyl (C=O) groups excluding carboxylic acids is 2. The molecule has 2 unspecified atom stereocenters. The van der Waals surface area contributed by atoms with Crippen molar-refractivity contribution in [3.05, 3.63) is 11.6 Å².